The summed E-state index contributed by atoms with van der Waals surface area (Å²) in [6, 6.07) is 3.34. The lowest BCUT2D eigenvalue weighted by molar-refractivity contribution is -0.115. The molecule has 1 fully saturated rings. The van der Waals surface area contributed by atoms with E-state index in [0.717, 1.165) is 12.1 Å². The lowest BCUT2D eigenvalue weighted by Gasteiger charge is -2.26. The summed E-state index contributed by atoms with van der Waals surface area (Å²) in [5, 5.41) is 15.1. The zero-order valence-electron chi connectivity index (χ0n) is 11.7. The van der Waals surface area contributed by atoms with Crippen molar-refractivity contribution in [2.75, 3.05) is 25.0 Å². The number of rotatable bonds is 5. The molecular formula is C14H18F2N2O3. The average molecular weight is 300 g/mol. The van der Waals surface area contributed by atoms with Crippen molar-refractivity contribution in [1.82, 2.24) is 5.32 Å². The number of hydrogen-bond donors (Lipinski definition) is 3. The number of nitrogens with one attached hydrogen (secondary N) is 2. The minimum atomic E-state index is -1.02. The molecule has 0 aliphatic carbocycles. The van der Waals surface area contributed by atoms with Gasteiger partial charge < -0.3 is 20.5 Å². The van der Waals surface area contributed by atoms with E-state index < -0.39 is 28.8 Å². The molecule has 1 saturated heterocycles. The van der Waals surface area contributed by atoms with Gasteiger partial charge in [0.25, 0.3) is 0 Å². The molecule has 2 rings (SSSR count). The van der Waals surface area contributed by atoms with Gasteiger partial charge in [0.1, 0.15) is 22.9 Å². The first kappa shape index (κ1) is 15.8. The van der Waals surface area contributed by atoms with E-state index in [2.05, 4.69) is 10.6 Å². The Bertz CT molecular complexity index is 507. The summed E-state index contributed by atoms with van der Waals surface area (Å²) in [5.41, 5.74) is -1.50. The van der Waals surface area contributed by atoms with Crippen molar-refractivity contribution >= 4 is 11.6 Å². The van der Waals surface area contributed by atoms with Crippen LogP contribution in [0.15, 0.2) is 18.2 Å². The SMILES string of the molecule is CC1OCCC1(O)CNCC(=O)Nc1c(F)cccc1F. The predicted molar refractivity (Wildman–Crippen MR) is 72.8 cm³/mol. The summed E-state index contributed by atoms with van der Waals surface area (Å²) in [4.78, 5) is 11.7. The molecule has 5 nitrogen and oxygen atoms in total. The number of carbonyl (C=O) groups excluding carboxylic acids is 1. The van der Waals surface area contributed by atoms with Crippen molar-refractivity contribution in [2.45, 2.75) is 25.0 Å². The van der Waals surface area contributed by atoms with Crippen LogP contribution in [0, 0.1) is 11.6 Å². The van der Waals surface area contributed by atoms with Crippen LogP contribution in [0.1, 0.15) is 13.3 Å². The average Bonchev–Trinajstić information content (AvgIpc) is 2.74. The molecular weight excluding hydrogens is 282 g/mol. The molecule has 1 aliphatic heterocycles. The Morgan fingerprint density at radius 3 is 2.71 bits per heavy atom. The monoisotopic (exact) mass is 300 g/mol. The van der Waals surface area contributed by atoms with Crippen LogP contribution in [-0.2, 0) is 9.53 Å². The van der Waals surface area contributed by atoms with Gasteiger partial charge in [-0.3, -0.25) is 4.79 Å². The maximum absolute atomic E-state index is 13.4. The minimum absolute atomic E-state index is 0.164. The van der Waals surface area contributed by atoms with Gasteiger partial charge in [0.2, 0.25) is 5.91 Å². The molecule has 3 N–H and O–H groups in total. The molecule has 21 heavy (non-hydrogen) atoms. The van der Waals surface area contributed by atoms with Gasteiger partial charge in [-0.25, -0.2) is 8.78 Å². The number of benzene rings is 1. The second kappa shape index (κ2) is 6.46. The Kier molecular flexibility index (Phi) is 4.87. The number of halogens is 2. The zero-order chi connectivity index (χ0) is 15.5. The molecule has 0 radical (unpaired) electrons. The maximum Gasteiger partial charge on any atom is 0.238 e. The third kappa shape index (κ3) is 3.75. The Labute approximate surface area is 121 Å². The number of anilines is 1. The first-order valence-corrected chi connectivity index (χ1v) is 6.71. The topological polar surface area (TPSA) is 70.6 Å². The fraction of sp³-hybridized carbons (Fsp3) is 0.500. The van der Waals surface area contributed by atoms with Gasteiger partial charge in [0.05, 0.1) is 12.6 Å². The Morgan fingerprint density at radius 2 is 2.14 bits per heavy atom. The van der Waals surface area contributed by atoms with Gasteiger partial charge in [-0.05, 0) is 19.1 Å². The molecule has 0 bridgehead atoms. The molecule has 0 spiro atoms. The molecule has 1 heterocycles. The highest BCUT2D eigenvalue weighted by molar-refractivity contribution is 5.92. The Morgan fingerprint density at radius 1 is 1.48 bits per heavy atom. The highest BCUT2D eigenvalue weighted by Crippen LogP contribution is 2.24. The van der Waals surface area contributed by atoms with Crippen LogP contribution in [-0.4, -0.2) is 42.4 Å². The molecule has 1 aliphatic rings. The highest BCUT2D eigenvalue weighted by atomic mass is 19.1. The molecule has 2 unspecified atom stereocenters. The first-order valence-electron chi connectivity index (χ1n) is 6.71. The molecule has 1 aromatic rings. The van der Waals surface area contributed by atoms with Crippen molar-refractivity contribution in [3.8, 4) is 0 Å². The predicted octanol–water partition coefficient (Wildman–Crippen LogP) is 1.03. The summed E-state index contributed by atoms with van der Waals surface area (Å²) in [7, 11) is 0. The van der Waals surface area contributed by atoms with Crippen molar-refractivity contribution in [1.29, 1.82) is 0 Å². The van der Waals surface area contributed by atoms with Crippen LogP contribution in [0.25, 0.3) is 0 Å². The van der Waals surface area contributed by atoms with Gasteiger partial charge in [-0.2, -0.15) is 0 Å². The Balaban J connectivity index is 1.83. The molecule has 1 amide bonds. The minimum Gasteiger partial charge on any atom is -0.386 e. The van der Waals surface area contributed by atoms with E-state index in [0.29, 0.717) is 13.0 Å². The highest BCUT2D eigenvalue weighted by Gasteiger charge is 2.39. The van der Waals surface area contributed by atoms with E-state index in [-0.39, 0.29) is 19.2 Å². The van der Waals surface area contributed by atoms with Crippen LogP contribution < -0.4 is 10.6 Å². The standard InChI is InChI=1S/C14H18F2N2O3/c1-9-14(20,5-6-21-9)8-17-7-12(19)18-13-10(15)3-2-4-11(13)16/h2-4,9,17,20H,5-8H2,1H3,(H,18,19). The summed E-state index contributed by atoms with van der Waals surface area (Å²) in [6.07, 6.45) is 0.155. The fourth-order valence-corrected chi connectivity index (χ4v) is 2.20. The molecule has 0 saturated carbocycles. The van der Waals surface area contributed by atoms with E-state index in [1.165, 1.54) is 6.07 Å². The van der Waals surface area contributed by atoms with E-state index in [1.807, 2.05) is 0 Å². The normalized spacial score (nSPS) is 25.0. The Hall–Kier alpha value is -1.57. The van der Waals surface area contributed by atoms with Crippen LogP contribution in [0.2, 0.25) is 0 Å². The van der Waals surface area contributed by atoms with E-state index in [4.69, 9.17) is 4.74 Å². The lowest BCUT2D eigenvalue weighted by atomic mass is 9.97. The summed E-state index contributed by atoms with van der Waals surface area (Å²) >= 11 is 0. The van der Waals surface area contributed by atoms with Gasteiger partial charge in [0.15, 0.2) is 0 Å². The molecule has 7 heteroatoms. The van der Waals surface area contributed by atoms with Gasteiger partial charge >= 0.3 is 0 Å². The lowest BCUT2D eigenvalue weighted by Crippen LogP contribution is -2.47. The molecule has 0 aromatic heterocycles. The summed E-state index contributed by atoms with van der Waals surface area (Å²) in [5.74, 6) is -2.26. The maximum atomic E-state index is 13.4. The molecule has 116 valence electrons. The summed E-state index contributed by atoms with van der Waals surface area (Å²) < 4.78 is 32.0. The number of aliphatic hydroxyl groups is 1. The van der Waals surface area contributed by atoms with E-state index >= 15 is 0 Å². The number of para-hydroxylation sites is 1. The fourth-order valence-electron chi connectivity index (χ4n) is 2.20. The van der Waals surface area contributed by atoms with Crippen LogP contribution in [0.5, 0.6) is 0 Å². The second-order valence-corrected chi connectivity index (χ2v) is 5.11. The third-order valence-corrected chi connectivity index (χ3v) is 3.60. The van der Waals surface area contributed by atoms with Gasteiger partial charge in [-0.15, -0.1) is 0 Å². The van der Waals surface area contributed by atoms with E-state index in [1.54, 1.807) is 6.92 Å². The smallest absolute Gasteiger partial charge is 0.238 e. The first-order chi connectivity index (χ1) is 9.92. The van der Waals surface area contributed by atoms with Crippen LogP contribution in [0.4, 0.5) is 14.5 Å². The van der Waals surface area contributed by atoms with Crippen molar-refractivity contribution in [2.24, 2.45) is 0 Å². The van der Waals surface area contributed by atoms with Crippen molar-refractivity contribution in [3.05, 3.63) is 29.8 Å². The molecule has 1 aromatic carbocycles. The number of carbonyl (C=O) groups is 1. The number of ether oxygens (including phenoxy) is 1. The third-order valence-electron chi connectivity index (χ3n) is 3.60. The van der Waals surface area contributed by atoms with Gasteiger partial charge in [-0.1, -0.05) is 6.07 Å². The quantitative estimate of drug-likeness (QED) is 0.760. The van der Waals surface area contributed by atoms with Gasteiger partial charge in [0, 0.05) is 19.6 Å². The number of amides is 1. The van der Waals surface area contributed by atoms with Crippen LogP contribution >= 0.6 is 0 Å². The largest absolute Gasteiger partial charge is 0.386 e. The zero-order valence-corrected chi connectivity index (χ0v) is 11.7. The van der Waals surface area contributed by atoms with Crippen molar-refractivity contribution < 1.29 is 23.4 Å². The number of hydrogen-bond acceptors (Lipinski definition) is 4. The van der Waals surface area contributed by atoms with E-state index in [9.17, 15) is 18.7 Å². The van der Waals surface area contributed by atoms with Crippen LogP contribution in [0.3, 0.4) is 0 Å². The molecule has 2 atom stereocenters. The second-order valence-electron chi connectivity index (χ2n) is 5.11. The summed E-state index contributed by atoms with van der Waals surface area (Å²) in [6.45, 7) is 2.22. The van der Waals surface area contributed by atoms with Crippen molar-refractivity contribution in [3.63, 3.8) is 0 Å².